The average Bonchev–Trinajstić information content (AvgIpc) is 3.64. The number of furan rings is 1. The van der Waals surface area contributed by atoms with Gasteiger partial charge in [-0.2, -0.15) is 0 Å². The van der Waals surface area contributed by atoms with Gasteiger partial charge in [-0.25, -0.2) is 0 Å². The Morgan fingerprint density at radius 1 is 0.460 bits per heavy atom. The van der Waals surface area contributed by atoms with Crippen LogP contribution >= 0.6 is 0 Å². The maximum Gasteiger partial charge on any atom is 0.143 e. The summed E-state index contributed by atoms with van der Waals surface area (Å²) in [5.41, 5.74) is 2.28. The molecule has 0 amide bonds. The van der Waals surface area contributed by atoms with Crippen LogP contribution in [0.4, 0.5) is 17.1 Å². The lowest BCUT2D eigenvalue weighted by molar-refractivity contribution is 0.672. The second-order valence-corrected chi connectivity index (χ2v) is 12.3. The molecule has 2 nitrogen and oxygen atoms in total. The molecule has 234 valence electrons. The topological polar surface area (TPSA) is 16.4 Å². The van der Waals surface area contributed by atoms with Crippen LogP contribution in [-0.2, 0) is 0 Å². The minimum Gasteiger partial charge on any atom is -0.455 e. The zero-order chi connectivity index (χ0) is 40.0. The molecule has 0 aliphatic carbocycles. The van der Waals surface area contributed by atoms with Crippen molar-refractivity contribution in [3.05, 3.63) is 188 Å². The van der Waals surface area contributed by atoms with E-state index in [1.807, 2.05) is 109 Å². The van der Waals surface area contributed by atoms with Crippen molar-refractivity contribution in [1.29, 1.82) is 0 Å². The average molecular weight is 646 g/mol. The van der Waals surface area contributed by atoms with E-state index >= 15 is 0 Å². The van der Waals surface area contributed by atoms with Gasteiger partial charge >= 0.3 is 0 Å². The van der Waals surface area contributed by atoms with Crippen LogP contribution in [0.3, 0.4) is 0 Å². The molecule has 0 N–H and O–H groups in total. The van der Waals surface area contributed by atoms with Gasteiger partial charge in [0.15, 0.2) is 0 Å². The smallest absolute Gasteiger partial charge is 0.143 e. The van der Waals surface area contributed by atoms with Crippen LogP contribution in [0.15, 0.2) is 192 Å². The summed E-state index contributed by atoms with van der Waals surface area (Å²) in [4.78, 5) is 1.41. The highest BCUT2D eigenvalue weighted by Crippen LogP contribution is 2.45. The maximum atomic E-state index is 9.85. The number of rotatable bonds is 5. The molecule has 10 aromatic rings. The number of fused-ring (bicyclic) bond motifs is 7. The molecule has 1 aromatic heterocycles. The minimum absolute atomic E-state index is 0.101. The highest BCUT2D eigenvalue weighted by atomic mass is 16.3. The molecule has 0 atom stereocenters. The van der Waals surface area contributed by atoms with Crippen LogP contribution in [0, 0.1) is 0 Å². The van der Waals surface area contributed by atoms with Gasteiger partial charge in [-0.3, -0.25) is 0 Å². The highest BCUT2D eigenvalue weighted by molar-refractivity contribution is 6.19. The third-order valence-corrected chi connectivity index (χ3v) is 9.37. The second kappa shape index (κ2) is 11.5. The Balaban J connectivity index is 1.33. The molecular weight excluding hydrogens is 607 g/mol. The second-order valence-electron chi connectivity index (χ2n) is 12.3. The van der Waals surface area contributed by atoms with Gasteiger partial charge in [0, 0.05) is 22.1 Å². The Morgan fingerprint density at radius 3 is 2.02 bits per heavy atom. The van der Waals surface area contributed by atoms with Crippen LogP contribution < -0.4 is 4.90 Å². The van der Waals surface area contributed by atoms with Crippen molar-refractivity contribution in [2.45, 2.75) is 0 Å². The Hall–Kier alpha value is -6.64. The third kappa shape index (κ3) is 4.65. The molecule has 0 radical (unpaired) electrons. The molecule has 0 spiro atoms. The molecule has 0 aliphatic heterocycles. The Kier molecular flexibility index (Phi) is 4.91. The number of nitrogens with zero attached hydrogens (tertiary/aromatic N) is 1. The molecule has 50 heavy (non-hydrogen) atoms. The zero-order valence-electron chi connectivity index (χ0n) is 34.6. The van der Waals surface area contributed by atoms with Crippen molar-refractivity contribution in [2.24, 2.45) is 0 Å². The summed E-state index contributed by atoms with van der Waals surface area (Å²) in [6.45, 7) is 0. The number of benzene rings is 9. The van der Waals surface area contributed by atoms with Crippen LogP contribution in [0.25, 0.3) is 76.5 Å². The van der Waals surface area contributed by atoms with E-state index in [9.17, 15) is 8.22 Å². The molecule has 2 heteroatoms. The Labute approximate surface area is 301 Å². The summed E-state index contributed by atoms with van der Waals surface area (Å²) in [7, 11) is 0. The van der Waals surface area contributed by atoms with Crippen molar-refractivity contribution in [2.75, 3.05) is 4.90 Å². The molecule has 0 fully saturated rings. The van der Waals surface area contributed by atoms with Crippen molar-refractivity contribution < 1.29 is 15.4 Å². The van der Waals surface area contributed by atoms with Crippen molar-refractivity contribution >= 4 is 71.3 Å². The molecule has 0 bridgehead atoms. The van der Waals surface area contributed by atoms with E-state index in [0.717, 1.165) is 32.3 Å². The van der Waals surface area contributed by atoms with Crippen molar-refractivity contribution in [3.8, 4) is 22.3 Å². The number of anilines is 3. The van der Waals surface area contributed by atoms with Crippen molar-refractivity contribution in [3.63, 3.8) is 0 Å². The SMILES string of the molecule is [2H]c1c([2H])c(-c2ccc3ccccc3c2)c([2H])c(N(c2c([2H])c([2H])c(-c3cccc4ccccc34)c([2H])c2[2H])c2cccc3oc4c5ccccc5ccc4c23)c1[2H]. The van der Waals surface area contributed by atoms with Gasteiger partial charge < -0.3 is 9.32 Å². The van der Waals surface area contributed by atoms with E-state index in [1.165, 1.54) is 4.90 Å². The first-order chi connectivity index (χ1) is 28.1. The standard InChI is InChI=1S/C48H31NO/c1-2-13-36-30-38(23-22-32(36)10-1)37-15-7-16-40(31-37)49(39-27-24-35(25-28-39)42-19-8-14-33-11-3-5-17-41(33)42)45-20-9-21-46-47(45)44-29-26-34-12-4-6-18-43(34)48(44)50-46/h1-31H/i7D,15D,16D,24D,25D,27D,28D,31D. The van der Waals surface area contributed by atoms with E-state index in [1.54, 1.807) is 30.3 Å². The van der Waals surface area contributed by atoms with Crippen LogP contribution in [0.5, 0.6) is 0 Å². The van der Waals surface area contributed by atoms with Gasteiger partial charge in [-0.15, -0.1) is 0 Å². The first-order valence-electron chi connectivity index (χ1n) is 20.4. The van der Waals surface area contributed by atoms with Gasteiger partial charge in [0.05, 0.1) is 22.0 Å². The lowest BCUT2D eigenvalue weighted by Crippen LogP contribution is -2.10. The molecule has 9 aromatic carbocycles. The molecule has 0 unspecified atom stereocenters. The predicted octanol–water partition coefficient (Wildman–Crippen LogP) is 13.8. The first-order valence-corrected chi connectivity index (χ1v) is 16.4. The largest absolute Gasteiger partial charge is 0.455 e. The fraction of sp³-hybridized carbons (Fsp3) is 0. The monoisotopic (exact) mass is 645 g/mol. The number of hydrogen-bond donors (Lipinski definition) is 0. The third-order valence-electron chi connectivity index (χ3n) is 9.37. The van der Waals surface area contributed by atoms with Gasteiger partial charge in [0.2, 0.25) is 0 Å². The number of hydrogen-bond acceptors (Lipinski definition) is 2. The fourth-order valence-electron chi connectivity index (χ4n) is 7.00. The zero-order valence-corrected chi connectivity index (χ0v) is 26.6. The lowest BCUT2D eigenvalue weighted by Gasteiger charge is -2.27. The van der Waals surface area contributed by atoms with E-state index in [0.29, 0.717) is 38.8 Å². The van der Waals surface area contributed by atoms with Crippen LogP contribution in [-0.4, -0.2) is 0 Å². The molecule has 0 saturated heterocycles. The molecule has 10 rings (SSSR count). The molecular formula is C48H31NO. The Bertz CT molecular complexity index is 3320. The normalized spacial score (nSPS) is 13.8. The van der Waals surface area contributed by atoms with Crippen LogP contribution in [0.1, 0.15) is 11.0 Å². The first kappa shape index (κ1) is 21.4. The summed E-state index contributed by atoms with van der Waals surface area (Å²) in [6.07, 6.45) is 0. The lowest BCUT2D eigenvalue weighted by atomic mass is 9.97. The summed E-state index contributed by atoms with van der Waals surface area (Å²) >= 11 is 0. The van der Waals surface area contributed by atoms with E-state index in [4.69, 9.17) is 7.16 Å². The van der Waals surface area contributed by atoms with Crippen LogP contribution in [0.2, 0.25) is 0 Å². The maximum absolute atomic E-state index is 9.85. The quantitative estimate of drug-likeness (QED) is 0.185. The highest BCUT2D eigenvalue weighted by Gasteiger charge is 2.21. The molecule has 0 saturated carbocycles. The van der Waals surface area contributed by atoms with Gasteiger partial charge in [0.1, 0.15) is 11.2 Å². The summed E-state index contributed by atoms with van der Waals surface area (Å²) < 4.78 is 82.5. The molecule has 0 aliphatic rings. The van der Waals surface area contributed by atoms with Crippen molar-refractivity contribution in [1.82, 2.24) is 0 Å². The fourth-order valence-corrected chi connectivity index (χ4v) is 7.00. The summed E-state index contributed by atoms with van der Waals surface area (Å²) in [6, 6.07) is 40.5. The summed E-state index contributed by atoms with van der Waals surface area (Å²) in [5.74, 6) is 0. The minimum atomic E-state index is -0.468. The van der Waals surface area contributed by atoms with E-state index in [-0.39, 0.29) is 46.7 Å². The van der Waals surface area contributed by atoms with Gasteiger partial charge in [0.25, 0.3) is 0 Å². The predicted molar refractivity (Wildman–Crippen MR) is 212 cm³/mol. The Morgan fingerprint density at radius 2 is 1.16 bits per heavy atom. The molecule has 1 heterocycles. The summed E-state index contributed by atoms with van der Waals surface area (Å²) in [5, 5.41) is 6.56. The van der Waals surface area contributed by atoms with Gasteiger partial charge in [-0.05, 0) is 97.6 Å². The van der Waals surface area contributed by atoms with E-state index in [2.05, 4.69) is 0 Å². The van der Waals surface area contributed by atoms with E-state index < -0.39 is 24.2 Å². The van der Waals surface area contributed by atoms with Gasteiger partial charge in [-0.1, -0.05) is 139 Å².